The van der Waals surface area contributed by atoms with Crippen LogP contribution in [0, 0.1) is 0 Å². The lowest BCUT2D eigenvalue weighted by Crippen LogP contribution is -2.41. The molecule has 0 fully saturated rings. The van der Waals surface area contributed by atoms with Crippen molar-refractivity contribution in [1.82, 2.24) is 5.32 Å². The number of amides is 1. The minimum atomic E-state index is -0.534. The first-order valence-electron chi connectivity index (χ1n) is 8.49. The number of benzene rings is 3. The molecule has 0 radical (unpaired) electrons. The molecule has 0 heterocycles. The third-order valence-electron chi connectivity index (χ3n) is 4.54. The molecule has 3 aromatic carbocycles. The number of nitrogens with one attached hydrogen (secondary N) is 1. The molecular formula is C22H23NO3. The standard InChI is InChI=1S/C22H23NO3/c1-22(2,16-11-6-5-7-12-16)23-21(24)19-17-13-9-8-10-15(17)14-18(25-3)20(19)26-4/h5-14H,1-4H3,(H,23,24). The molecule has 4 nitrogen and oxygen atoms in total. The maximum atomic E-state index is 13.2. The summed E-state index contributed by atoms with van der Waals surface area (Å²) >= 11 is 0. The van der Waals surface area contributed by atoms with Gasteiger partial charge in [-0.25, -0.2) is 0 Å². The van der Waals surface area contributed by atoms with E-state index in [9.17, 15) is 4.79 Å². The summed E-state index contributed by atoms with van der Waals surface area (Å²) in [6.07, 6.45) is 0. The van der Waals surface area contributed by atoms with Crippen molar-refractivity contribution in [3.05, 3.63) is 71.8 Å². The summed E-state index contributed by atoms with van der Waals surface area (Å²) in [6, 6.07) is 19.5. The SMILES string of the molecule is COc1cc2ccccc2c(C(=O)NC(C)(C)c2ccccc2)c1OC. The number of hydrogen-bond acceptors (Lipinski definition) is 3. The van der Waals surface area contributed by atoms with E-state index in [1.807, 2.05) is 74.5 Å². The minimum absolute atomic E-state index is 0.203. The number of fused-ring (bicyclic) bond motifs is 1. The van der Waals surface area contributed by atoms with E-state index in [-0.39, 0.29) is 5.91 Å². The monoisotopic (exact) mass is 349 g/mol. The van der Waals surface area contributed by atoms with Gasteiger partial charge in [-0.05, 0) is 36.2 Å². The molecule has 4 heteroatoms. The molecule has 1 amide bonds. The number of carbonyl (C=O) groups is 1. The lowest BCUT2D eigenvalue weighted by molar-refractivity contribution is 0.0910. The molecule has 0 saturated heterocycles. The Morgan fingerprint density at radius 1 is 0.923 bits per heavy atom. The average molecular weight is 349 g/mol. The Bertz CT molecular complexity index is 933. The fourth-order valence-corrected chi connectivity index (χ4v) is 3.16. The normalized spacial score (nSPS) is 11.2. The average Bonchev–Trinajstić information content (AvgIpc) is 2.66. The van der Waals surface area contributed by atoms with Gasteiger partial charge in [0.1, 0.15) is 0 Å². The highest BCUT2D eigenvalue weighted by molar-refractivity contribution is 6.10. The lowest BCUT2D eigenvalue weighted by atomic mass is 9.93. The van der Waals surface area contributed by atoms with Crippen LogP contribution in [0.1, 0.15) is 29.8 Å². The second kappa shape index (κ2) is 7.08. The van der Waals surface area contributed by atoms with Crippen LogP contribution in [0.2, 0.25) is 0 Å². The molecule has 0 aliphatic heterocycles. The Labute approximate surface area is 153 Å². The van der Waals surface area contributed by atoms with Gasteiger partial charge < -0.3 is 14.8 Å². The predicted molar refractivity (Wildman–Crippen MR) is 104 cm³/mol. The molecule has 0 saturated carbocycles. The molecule has 0 atom stereocenters. The highest BCUT2D eigenvalue weighted by Gasteiger charge is 2.27. The second-order valence-electron chi connectivity index (χ2n) is 6.65. The van der Waals surface area contributed by atoms with Gasteiger partial charge in [0.05, 0.1) is 25.3 Å². The Balaban J connectivity index is 2.10. The summed E-state index contributed by atoms with van der Waals surface area (Å²) in [4.78, 5) is 13.2. The van der Waals surface area contributed by atoms with E-state index in [1.54, 1.807) is 14.2 Å². The van der Waals surface area contributed by atoms with Crippen molar-refractivity contribution in [2.24, 2.45) is 0 Å². The van der Waals surface area contributed by atoms with E-state index in [0.29, 0.717) is 17.1 Å². The van der Waals surface area contributed by atoms with Crippen molar-refractivity contribution in [2.45, 2.75) is 19.4 Å². The van der Waals surface area contributed by atoms with Crippen LogP contribution in [0.25, 0.3) is 10.8 Å². The van der Waals surface area contributed by atoms with Crippen LogP contribution >= 0.6 is 0 Å². The summed E-state index contributed by atoms with van der Waals surface area (Å²) in [6.45, 7) is 3.96. The molecule has 0 aromatic heterocycles. The zero-order valence-corrected chi connectivity index (χ0v) is 15.5. The fraction of sp³-hybridized carbons (Fsp3) is 0.227. The number of hydrogen-bond donors (Lipinski definition) is 1. The van der Waals surface area contributed by atoms with Crippen molar-refractivity contribution in [1.29, 1.82) is 0 Å². The van der Waals surface area contributed by atoms with Gasteiger partial charge in [0.2, 0.25) is 0 Å². The van der Waals surface area contributed by atoms with Gasteiger partial charge >= 0.3 is 0 Å². The number of ether oxygens (including phenoxy) is 2. The van der Waals surface area contributed by atoms with E-state index in [4.69, 9.17) is 9.47 Å². The largest absolute Gasteiger partial charge is 0.493 e. The van der Waals surface area contributed by atoms with Crippen molar-refractivity contribution in [3.8, 4) is 11.5 Å². The van der Waals surface area contributed by atoms with E-state index in [0.717, 1.165) is 16.3 Å². The molecular weight excluding hydrogens is 326 g/mol. The summed E-state index contributed by atoms with van der Waals surface area (Å²) in [5.41, 5.74) is 0.971. The van der Waals surface area contributed by atoms with Crippen molar-refractivity contribution >= 4 is 16.7 Å². The second-order valence-corrected chi connectivity index (χ2v) is 6.65. The van der Waals surface area contributed by atoms with Gasteiger partial charge in [-0.15, -0.1) is 0 Å². The van der Waals surface area contributed by atoms with Crippen LogP contribution in [0.3, 0.4) is 0 Å². The predicted octanol–water partition coefficient (Wildman–Crippen LogP) is 4.52. The van der Waals surface area contributed by atoms with Gasteiger partial charge in [-0.3, -0.25) is 4.79 Å². The number of rotatable bonds is 5. The highest BCUT2D eigenvalue weighted by Crippen LogP contribution is 2.38. The Morgan fingerprint density at radius 3 is 2.23 bits per heavy atom. The molecule has 26 heavy (non-hydrogen) atoms. The van der Waals surface area contributed by atoms with Gasteiger partial charge in [0, 0.05) is 0 Å². The quantitative estimate of drug-likeness (QED) is 0.736. The van der Waals surface area contributed by atoms with E-state index in [2.05, 4.69) is 5.32 Å². The third-order valence-corrected chi connectivity index (χ3v) is 4.54. The van der Waals surface area contributed by atoms with Crippen LogP contribution in [-0.2, 0) is 5.54 Å². The third kappa shape index (κ3) is 3.23. The van der Waals surface area contributed by atoms with Crippen molar-refractivity contribution in [2.75, 3.05) is 14.2 Å². The summed E-state index contributed by atoms with van der Waals surface area (Å²) in [7, 11) is 3.12. The molecule has 0 spiro atoms. The molecule has 134 valence electrons. The maximum absolute atomic E-state index is 13.2. The first-order valence-corrected chi connectivity index (χ1v) is 8.49. The summed E-state index contributed by atoms with van der Waals surface area (Å²) < 4.78 is 11.0. The first-order chi connectivity index (χ1) is 12.5. The molecule has 0 aliphatic rings. The molecule has 3 rings (SSSR count). The van der Waals surface area contributed by atoms with E-state index >= 15 is 0 Å². The molecule has 0 bridgehead atoms. The first kappa shape index (κ1) is 17.8. The minimum Gasteiger partial charge on any atom is -0.493 e. The Morgan fingerprint density at radius 2 is 1.58 bits per heavy atom. The summed E-state index contributed by atoms with van der Waals surface area (Å²) in [5, 5.41) is 4.88. The van der Waals surface area contributed by atoms with E-state index < -0.39 is 5.54 Å². The van der Waals surface area contributed by atoms with Gasteiger partial charge in [0.25, 0.3) is 5.91 Å². The lowest BCUT2D eigenvalue weighted by Gasteiger charge is -2.28. The van der Waals surface area contributed by atoms with Crippen LogP contribution in [0.4, 0.5) is 0 Å². The molecule has 1 N–H and O–H groups in total. The van der Waals surface area contributed by atoms with Crippen molar-refractivity contribution in [3.63, 3.8) is 0 Å². The number of carbonyl (C=O) groups excluding carboxylic acids is 1. The fourth-order valence-electron chi connectivity index (χ4n) is 3.16. The van der Waals surface area contributed by atoms with Crippen LogP contribution < -0.4 is 14.8 Å². The zero-order valence-electron chi connectivity index (χ0n) is 15.5. The topological polar surface area (TPSA) is 47.6 Å². The Kier molecular flexibility index (Phi) is 4.85. The van der Waals surface area contributed by atoms with Gasteiger partial charge in [0.15, 0.2) is 11.5 Å². The number of methoxy groups -OCH3 is 2. The molecule has 0 aliphatic carbocycles. The van der Waals surface area contributed by atoms with Crippen LogP contribution in [0.5, 0.6) is 11.5 Å². The van der Waals surface area contributed by atoms with Gasteiger partial charge in [-0.2, -0.15) is 0 Å². The van der Waals surface area contributed by atoms with Crippen molar-refractivity contribution < 1.29 is 14.3 Å². The van der Waals surface area contributed by atoms with E-state index in [1.165, 1.54) is 0 Å². The maximum Gasteiger partial charge on any atom is 0.256 e. The highest BCUT2D eigenvalue weighted by atomic mass is 16.5. The zero-order chi connectivity index (χ0) is 18.7. The van der Waals surface area contributed by atoms with Gasteiger partial charge in [-0.1, -0.05) is 54.6 Å². The molecule has 3 aromatic rings. The molecule has 0 unspecified atom stereocenters. The smallest absolute Gasteiger partial charge is 0.256 e. The summed E-state index contributed by atoms with van der Waals surface area (Å²) in [5.74, 6) is 0.771. The Hall–Kier alpha value is -3.01. The van der Waals surface area contributed by atoms with Crippen LogP contribution in [0.15, 0.2) is 60.7 Å². The van der Waals surface area contributed by atoms with Crippen LogP contribution in [-0.4, -0.2) is 20.1 Å².